The minimum Gasteiger partial charge on any atom is -0.483 e. The van der Waals surface area contributed by atoms with Gasteiger partial charge < -0.3 is 9.64 Å². The Kier molecular flexibility index (Phi) is 6.87. The summed E-state index contributed by atoms with van der Waals surface area (Å²) in [5.74, 6) is -0.213. The lowest BCUT2D eigenvalue weighted by Crippen LogP contribution is -2.49. The fraction of sp³-hybridized carbons (Fsp3) is 0.381. The number of thiophene rings is 1. The number of benzene rings is 1. The number of rotatable bonds is 5. The Hall–Kier alpha value is -2.87. The summed E-state index contributed by atoms with van der Waals surface area (Å²) in [4.78, 5) is 39.2. The Balaban J connectivity index is 1.40. The van der Waals surface area contributed by atoms with Gasteiger partial charge in [-0.1, -0.05) is 24.3 Å². The number of hydrogen-bond acceptors (Lipinski definition) is 5. The molecule has 8 heteroatoms. The molecule has 0 bridgehead atoms. The lowest BCUT2D eigenvalue weighted by atomic mass is 9.96. The number of carbonyl (C=O) groups excluding carboxylic acids is 3. The van der Waals surface area contributed by atoms with Gasteiger partial charge in [0.05, 0.1) is 4.88 Å². The first-order valence-corrected chi connectivity index (χ1v) is 10.4. The topological polar surface area (TPSA) is 87.7 Å². The van der Waals surface area contributed by atoms with Gasteiger partial charge in [-0.25, -0.2) is 0 Å². The van der Waals surface area contributed by atoms with E-state index in [0.29, 0.717) is 36.6 Å². The number of nitrogens with one attached hydrogen (secondary N) is 2. The van der Waals surface area contributed by atoms with E-state index >= 15 is 0 Å². The lowest BCUT2D eigenvalue weighted by Gasteiger charge is -2.31. The van der Waals surface area contributed by atoms with Gasteiger partial charge in [-0.2, -0.15) is 0 Å². The molecule has 1 fully saturated rings. The van der Waals surface area contributed by atoms with E-state index in [4.69, 9.17) is 4.74 Å². The fourth-order valence-electron chi connectivity index (χ4n) is 3.33. The highest BCUT2D eigenvalue weighted by atomic mass is 32.1. The molecule has 1 aromatic heterocycles. The molecule has 0 saturated carbocycles. The molecule has 1 saturated heterocycles. The highest BCUT2D eigenvalue weighted by Crippen LogP contribution is 2.22. The average Bonchev–Trinajstić information content (AvgIpc) is 3.26. The number of likely N-dealkylation sites (tertiary alicyclic amines) is 1. The number of carbonyl (C=O) groups is 3. The van der Waals surface area contributed by atoms with Crippen LogP contribution in [-0.2, 0) is 9.59 Å². The van der Waals surface area contributed by atoms with E-state index in [1.165, 1.54) is 11.3 Å². The SMILES string of the molecule is Cc1cccc(C)c1OCC(=O)NNC(=O)C1CCN(C(=O)c2cccs2)CC1. The Morgan fingerprint density at radius 2 is 1.76 bits per heavy atom. The number of ether oxygens (including phenoxy) is 1. The minimum absolute atomic E-state index is 0.0100. The number of nitrogens with zero attached hydrogens (tertiary/aromatic N) is 1. The first-order valence-electron chi connectivity index (χ1n) is 9.56. The van der Waals surface area contributed by atoms with Crippen molar-refractivity contribution in [3.8, 4) is 5.75 Å². The summed E-state index contributed by atoms with van der Waals surface area (Å²) >= 11 is 1.42. The molecular formula is C21H25N3O4S. The normalized spacial score (nSPS) is 14.3. The zero-order valence-corrected chi connectivity index (χ0v) is 17.4. The third-order valence-corrected chi connectivity index (χ3v) is 5.82. The highest BCUT2D eigenvalue weighted by molar-refractivity contribution is 7.12. The predicted molar refractivity (Wildman–Crippen MR) is 111 cm³/mol. The van der Waals surface area contributed by atoms with E-state index in [1.807, 2.05) is 49.6 Å². The zero-order valence-electron chi connectivity index (χ0n) is 16.6. The largest absolute Gasteiger partial charge is 0.483 e. The number of aryl methyl sites for hydroxylation is 2. The van der Waals surface area contributed by atoms with Crippen molar-refractivity contribution in [2.24, 2.45) is 5.92 Å². The van der Waals surface area contributed by atoms with E-state index < -0.39 is 5.91 Å². The van der Waals surface area contributed by atoms with Crippen molar-refractivity contribution in [3.05, 3.63) is 51.7 Å². The molecule has 0 aliphatic carbocycles. The quantitative estimate of drug-likeness (QED) is 0.735. The molecule has 3 amide bonds. The van der Waals surface area contributed by atoms with E-state index in [0.717, 1.165) is 11.1 Å². The zero-order chi connectivity index (χ0) is 20.8. The van der Waals surface area contributed by atoms with Gasteiger partial charge in [0.1, 0.15) is 5.75 Å². The molecule has 2 N–H and O–H groups in total. The maximum absolute atomic E-state index is 12.4. The van der Waals surface area contributed by atoms with Crippen LogP contribution in [0.15, 0.2) is 35.7 Å². The summed E-state index contributed by atoms with van der Waals surface area (Å²) in [5.41, 5.74) is 6.77. The Labute approximate surface area is 174 Å². The Morgan fingerprint density at radius 3 is 2.38 bits per heavy atom. The molecule has 154 valence electrons. The number of amides is 3. The molecule has 1 aromatic carbocycles. The second-order valence-electron chi connectivity index (χ2n) is 7.09. The first-order chi connectivity index (χ1) is 14.0. The van der Waals surface area contributed by atoms with Crippen LogP contribution in [0.5, 0.6) is 5.75 Å². The van der Waals surface area contributed by atoms with Crippen LogP contribution >= 0.6 is 11.3 Å². The maximum atomic E-state index is 12.4. The van der Waals surface area contributed by atoms with Crippen molar-refractivity contribution in [3.63, 3.8) is 0 Å². The van der Waals surface area contributed by atoms with E-state index in [-0.39, 0.29) is 24.3 Å². The third kappa shape index (κ3) is 5.35. The summed E-state index contributed by atoms with van der Waals surface area (Å²) in [6, 6.07) is 9.42. The van der Waals surface area contributed by atoms with E-state index in [9.17, 15) is 14.4 Å². The summed E-state index contributed by atoms with van der Waals surface area (Å²) in [6.45, 7) is 4.70. The molecule has 0 spiro atoms. The molecule has 0 unspecified atom stereocenters. The van der Waals surface area contributed by atoms with E-state index in [2.05, 4.69) is 10.9 Å². The van der Waals surface area contributed by atoms with Crippen LogP contribution in [0.2, 0.25) is 0 Å². The fourth-order valence-corrected chi connectivity index (χ4v) is 4.03. The molecule has 1 aliphatic rings. The van der Waals surface area contributed by atoms with Gasteiger partial charge in [0.15, 0.2) is 6.61 Å². The van der Waals surface area contributed by atoms with Crippen LogP contribution in [0.1, 0.15) is 33.6 Å². The molecule has 2 heterocycles. The van der Waals surface area contributed by atoms with E-state index in [1.54, 1.807) is 4.90 Å². The smallest absolute Gasteiger partial charge is 0.276 e. The first kappa shape index (κ1) is 20.9. The number of hydrogen-bond donors (Lipinski definition) is 2. The van der Waals surface area contributed by atoms with Gasteiger partial charge in [0.2, 0.25) is 5.91 Å². The van der Waals surface area contributed by atoms with Crippen molar-refractivity contribution < 1.29 is 19.1 Å². The summed E-state index contributed by atoms with van der Waals surface area (Å²) in [5, 5.41) is 1.88. The Bertz CT molecular complexity index is 854. The van der Waals surface area contributed by atoms with Gasteiger partial charge in [-0.15, -0.1) is 11.3 Å². The van der Waals surface area contributed by atoms with Crippen molar-refractivity contribution in [1.29, 1.82) is 0 Å². The van der Waals surface area contributed by atoms with Gasteiger partial charge in [-0.05, 0) is 49.3 Å². The Morgan fingerprint density at radius 1 is 1.07 bits per heavy atom. The van der Waals surface area contributed by atoms with Crippen LogP contribution in [0.4, 0.5) is 0 Å². The highest BCUT2D eigenvalue weighted by Gasteiger charge is 2.28. The summed E-state index contributed by atoms with van der Waals surface area (Å²) < 4.78 is 5.58. The molecule has 0 atom stereocenters. The molecule has 1 aliphatic heterocycles. The number of piperidine rings is 1. The molecule has 3 rings (SSSR count). The van der Waals surface area contributed by atoms with Gasteiger partial charge in [-0.3, -0.25) is 25.2 Å². The number of para-hydroxylation sites is 1. The van der Waals surface area contributed by atoms with Crippen LogP contribution < -0.4 is 15.6 Å². The average molecular weight is 416 g/mol. The predicted octanol–water partition coefficient (Wildman–Crippen LogP) is 2.44. The van der Waals surface area contributed by atoms with Crippen molar-refractivity contribution >= 4 is 29.1 Å². The minimum atomic E-state index is -0.425. The summed E-state index contributed by atoms with van der Waals surface area (Å²) in [6.07, 6.45) is 1.13. The van der Waals surface area contributed by atoms with Crippen LogP contribution in [-0.4, -0.2) is 42.3 Å². The molecule has 2 aromatic rings. The number of hydrazine groups is 1. The van der Waals surface area contributed by atoms with Gasteiger partial charge >= 0.3 is 0 Å². The standard InChI is InChI=1S/C21H25N3O4S/c1-14-5-3-6-15(2)19(14)28-13-18(25)22-23-20(26)16-8-10-24(11-9-16)21(27)17-7-4-12-29-17/h3-7,12,16H,8-11,13H2,1-2H3,(H,22,25)(H,23,26). The molecule has 29 heavy (non-hydrogen) atoms. The maximum Gasteiger partial charge on any atom is 0.276 e. The summed E-state index contributed by atoms with van der Waals surface area (Å²) in [7, 11) is 0. The second kappa shape index (κ2) is 9.56. The van der Waals surface area contributed by atoms with Crippen molar-refractivity contribution in [2.45, 2.75) is 26.7 Å². The van der Waals surface area contributed by atoms with Crippen LogP contribution in [0.25, 0.3) is 0 Å². The monoisotopic (exact) mass is 415 g/mol. The van der Waals surface area contributed by atoms with Crippen LogP contribution in [0, 0.1) is 19.8 Å². The van der Waals surface area contributed by atoms with Gasteiger partial charge in [0, 0.05) is 19.0 Å². The molecular weight excluding hydrogens is 390 g/mol. The molecule has 7 nitrogen and oxygen atoms in total. The van der Waals surface area contributed by atoms with Crippen molar-refractivity contribution in [2.75, 3.05) is 19.7 Å². The molecule has 0 radical (unpaired) electrons. The third-order valence-electron chi connectivity index (χ3n) is 4.97. The van der Waals surface area contributed by atoms with Gasteiger partial charge in [0.25, 0.3) is 11.8 Å². The van der Waals surface area contributed by atoms with Crippen molar-refractivity contribution in [1.82, 2.24) is 15.8 Å². The lowest BCUT2D eigenvalue weighted by molar-refractivity contribution is -0.132. The second-order valence-corrected chi connectivity index (χ2v) is 8.04. The van der Waals surface area contributed by atoms with Crippen LogP contribution in [0.3, 0.4) is 0 Å².